The Hall–Kier alpha value is -4.74. The van der Waals surface area contributed by atoms with Gasteiger partial charge >= 0.3 is 5.69 Å². The summed E-state index contributed by atoms with van der Waals surface area (Å²) in [7, 11) is 0. The number of aromatic nitrogens is 4. The zero-order valence-corrected chi connectivity index (χ0v) is 27.7. The Balaban J connectivity index is 1.26. The van der Waals surface area contributed by atoms with Gasteiger partial charge in [0.1, 0.15) is 11.4 Å². The summed E-state index contributed by atoms with van der Waals surface area (Å²) in [5.74, 6) is 0.549. The van der Waals surface area contributed by atoms with Gasteiger partial charge in [0.05, 0.1) is 29.1 Å². The maximum atomic E-state index is 14.2. The van der Waals surface area contributed by atoms with Crippen LogP contribution in [0.5, 0.6) is 5.75 Å². The van der Waals surface area contributed by atoms with E-state index in [4.69, 9.17) is 16.3 Å². The molecule has 1 saturated carbocycles. The van der Waals surface area contributed by atoms with Crippen LogP contribution in [0.25, 0.3) is 17.1 Å². The summed E-state index contributed by atoms with van der Waals surface area (Å²) in [6.07, 6.45) is 5.61. The van der Waals surface area contributed by atoms with E-state index in [2.05, 4.69) is 31.2 Å². The molecule has 1 atom stereocenters. The van der Waals surface area contributed by atoms with Gasteiger partial charge in [0.25, 0.3) is 11.8 Å². The first-order valence-electron chi connectivity index (χ1n) is 15.3. The number of imidazole rings is 1. The molecule has 1 aliphatic heterocycles. The van der Waals surface area contributed by atoms with Crippen molar-refractivity contribution >= 4 is 39.3 Å². The van der Waals surface area contributed by atoms with E-state index in [1.165, 1.54) is 4.57 Å². The predicted octanol–water partition coefficient (Wildman–Crippen LogP) is 6.03. The first-order valence-corrected chi connectivity index (χ1v) is 16.5. The van der Waals surface area contributed by atoms with Crippen molar-refractivity contribution in [2.45, 2.75) is 51.5 Å². The van der Waals surface area contributed by atoms with Crippen molar-refractivity contribution in [3.05, 3.63) is 128 Å². The van der Waals surface area contributed by atoms with Crippen LogP contribution in [0.4, 0.5) is 0 Å². The third kappa shape index (κ3) is 6.20. The molecule has 0 radical (unpaired) electrons. The average Bonchev–Trinajstić information content (AvgIpc) is 3.87. The van der Waals surface area contributed by atoms with Crippen LogP contribution < -0.4 is 15.7 Å². The largest absolute Gasteiger partial charge is 0.490 e. The quantitative estimate of drug-likeness (QED) is 0.210. The fraction of sp³-hybridized carbons (Fsp3) is 0.229. The minimum absolute atomic E-state index is 0.0516. The number of carbonyl (C=O) groups excluding carboxylic acids is 2. The summed E-state index contributed by atoms with van der Waals surface area (Å²) < 4.78 is 9.62. The molecule has 1 aliphatic carbocycles. The van der Waals surface area contributed by atoms with Crippen molar-refractivity contribution in [3.63, 3.8) is 0 Å². The van der Waals surface area contributed by atoms with Crippen molar-refractivity contribution in [3.8, 4) is 22.8 Å². The number of hydrogen-bond donors (Lipinski definition) is 1. The van der Waals surface area contributed by atoms with Gasteiger partial charge in [-0.1, -0.05) is 35.9 Å². The minimum atomic E-state index is -0.452. The van der Waals surface area contributed by atoms with Crippen molar-refractivity contribution in [1.29, 1.82) is 0 Å². The molecule has 1 N–H and O–H groups in total. The van der Waals surface area contributed by atoms with E-state index in [9.17, 15) is 14.4 Å². The third-order valence-corrected chi connectivity index (χ3v) is 9.60. The molecule has 2 amide bonds. The molecule has 0 unspecified atom stereocenters. The van der Waals surface area contributed by atoms with Gasteiger partial charge in [0, 0.05) is 47.1 Å². The molecule has 3 aromatic carbocycles. The molecule has 2 aromatic heterocycles. The molecule has 47 heavy (non-hydrogen) atoms. The number of fused-ring (bicyclic) bond motifs is 1. The van der Waals surface area contributed by atoms with Crippen molar-refractivity contribution in [2.24, 2.45) is 0 Å². The summed E-state index contributed by atoms with van der Waals surface area (Å²) in [6.45, 7) is 2.32. The highest BCUT2D eigenvalue weighted by atomic mass is 79.9. The zero-order valence-electron chi connectivity index (χ0n) is 25.4. The molecule has 7 rings (SSSR count). The molecule has 2 aliphatic rings. The van der Waals surface area contributed by atoms with Gasteiger partial charge in [0.15, 0.2) is 5.82 Å². The number of ether oxygens (including phenoxy) is 1. The van der Waals surface area contributed by atoms with Crippen LogP contribution in [0.3, 0.4) is 0 Å². The summed E-state index contributed by atoms with van der Waals surface area (Å²) in [5.41, 5.74) is 2.79. The second-order valence-corrected chi connectivity index (χ2v) is 12.9. The van der Waals surface area contributed by atoms with Gasteiger partial charge in [-0.2, -0.15) is 0 Å². The number of rotatable bonds is 8. The van der Waals surface area contributed by atoms with E-state index in [-0.39, 0.29) is 49.1 Å². The minimum Gasteiger partial charge on any atom is -0.490 e. The molecular formula is C35H30BrClN6O4. The van der Waals surface area contributed by atoms with E-state index in [1.807, 2.05) is 43.3 Å². The monoisotopic (exact) mass is 712 g/mol. The molecule has 10 nitrogen and oxygen atoms in total. The van der Waals surface area contributed by atoms with E-state index < -0.39 is 5.91 Å². The zero-order chi connectivity index (χ0) is 32.7. The molecular weight excluding hydrogens is 684 g/mol. The summed E-state index contributed by atoms with van der Waals surface area (Å²) >= 11 is 9.69. The maximum Gasteiger partial charge on any atom is 0.333 e. The van der Waals surface area contributed by atoms with Crippen LogP contribution >= 0.6 is 27.5 Å². The van der Waals surface area contributed by atoms with Gasteiger partial charge in [-0.25, -0.2) is 14.8 Å². The standard InChI is InChI=1S/C35H30BrClN6O4/c1-21-19-42-30(20-41(21)34(45)22-7-14-28(36)29(37)17-22)31(43(35(42)46)24-8-10-25(11-9-24)47-26-12-13-26)33(44)40-18-23-5-2-3-6-27(23)32-38-15-4-16-39-32/h2-11,14-17,21,26H,12-13,18-20H2,1H3,(H,40,44)/t21-/m1/s1. The van der Waals surface area contributed by atoms with Crippen LogP contribution in [0.1, 0.15) is 51.9 Å². The molecule has 1 fully saturated rings. The van der Waals surface area contributed by atoms with E-state index >= 15 is 0 Å². The number of nitrogens with one attached hydrogen (secondary N) is 1. The predicted molar refractivity (Wildman–Crippen MR) is 181 cm³/mol. The molecule has 3 heterocycles. The smallest absolute Gasteiger partial charge is 0.333 e. The summed E-state index contributed by atoms with van der Waals surface area (Å²) in [6, 6.07) is 21.2. The molecule has 12 heteroatoms. The molecule has 0 spiro atoms. The third-order valence-electron chi connectivity index (χ3n) is 8.37. The van der Waals surface area contributed by atoms with Crippen molar-refractivity contribution in [1.82, 2.24) is 29.3 Å². The van der Waals surface area contributed by atoms with Gasteiger partial charge in [-0.3, -0.25) is 18.7 Å². The number of nitrogens with zero attached hydrogens (tertiary/aromatic N) is 5. The van der Waals surface area contributed by atoms with Gasteiger partial charge in [-0.15, -0.1) is 0 Å². The lowest BCUT2D eigenvalue weighted by molar-refractivity contribution is 0.0610. The summed E-state index contributed by atoms with van der Waals surface area (Å²) in [5, 5.41) is 3.44. The molecule has 0 bridgehead atoms. The van der Waals surface area contributed by atoms with Crippen LogP contribution in [0.15, 0.2) is 94.5 Å². The first-order chi connectivity index (χ1) is 22.8. The second-order valence-electron chi connectivity index (χ2n) is 11.7. The Labute approximate surface area is 284 Å². The fourth-order valence-corrected chi connectivity index (χ4v) is 6.23. The Morgan fingerprint density at radius 1 is 1.02 bits per heavy atom. The van der Waals surface area contributed by atoms with Gasteiger partial charge in [-0.05, 0) is 89.8 Å². The lowest BCUT2D eigenvalue weighted by Gasteiger charge is -2.34. The Morgan fingerprint density at radius 3 is 2.49 bits per heavy atom. The Bertz CT molecular complexity index is 2040. The number of halogens is 2. The average molecular weight is 714 g/mol. The number of hydrogen-bond acceptors (Lipinski definition) is 6. The molecule has 5 aromatic rings. The van der Waals surface area contributed by atoms with Crippen LogP contribution in [-0.2, 0) is 19.6 Å². The van der Waals surface area contributed by atoms with Crippen LogP contribution in [0, 0.1) is 0 Å². The van der Waals surface area contributed by atoms with Gasteiger partial charge in [0.2, 0.25) is 0 Å². The van der Waals surface area contributed by atoms with E-state index in [0.29, 0.717) is 38.0 Å². The van der Waals surface area contributed by atoms with E-state index in [0.717, 1.165) is 24.0 Å². The molecule has 0 saturated heterocycles. The van der Waals surface area contributed by atoms with Crippen molar-refractivity contribution in [2.75, 3.05) is 0 Å². The highest BCUT2D eigenvalue weighted by molar-refractivity contribution is 9.10. The Morgan fingerprint density at radius 2 is 1.77 bits per heavy atom. The lowest BCUT2D eigenvalue weighted by Crippen LogP contribution is -2.47. The first kappa shape index (κ1) is 30.9. The second kappa shape index (κ2) is 12.8. The molecule has 238 valence electrons. The topological polar surface area (TPSA) is 111 Å². The highest BCUT2D eigenvalue weighted by Gasteiger charge is 2.35. The SMILES string of the molecule is C[C@@H]1Cn2c(c(C(=O)NCc3ccccc3-c3ncccn3)n(-c3ccc(OC4CC4)cc3)c2=O)CN1C(=O)c1ccc(Br)c(Cl)c1. The van der Waals surface area contributed by atoms with E-state index in [1.54, 1.807) is 58.3 Å². The van der Waals surface area contributed by atoms with Gasteiger partial charge < -0.3 is 15.0 Å². The normalized spacial score (nSPS) is 15.6. The highest BCUT2D eigenvalue weighted by Crippen LogP contribution is 2.30. The van der Waals surface area contributed by atoms with Crippen LogP contribution in [0.2, 0.25) is 5.02 Å². The fourth-order valence-electron chi connectivity index (χ4n) is 5.80. The Kier molecular flexibility index (Phi) is 8.42. The maximum absolute atomic E-state index is 14.2. The number of benzene rings is 3. The lowest BCUT2D eigenvalue weighted by atomic mass is 10.1. The summed E-state index contributed by atoms with van der Waals surface area (Å²) in [4.78, 5) is 52.5. The van der Waals surface area contributed by atoms with Crippen LogP contribution in [-0.4, -0.2) is 48.0 Å². The van der Waals surface area contributed by atoms with Crippen molar-refractivity contribution < 1.29 is 14.3 Å². The number of carbonyl (C=O) groups is 2. The number of amides is 2.